The molecule has 0 radical (unpaired) electrons. The molecule has 4 heteroatoms. The summed E-state index contributed by atoms with van der Waals surface area (Å²) < 4.78 is 14.7. The second-order valence-electron chi connectivity index (χ2n) is 4.03. The summed E-state index contributed by atoms with van der Waals surface area (Å²) in [5, 5.41) is 3.51. The standard InChI is InChI=1S/C12H15BrFNS/c1-2-9-6-16-7-12(15-9)10-5-8(13)3-4-11(10)14/h3-5,9,12,15H,2,6-7H2,1H3. The van der Waals surface area contributed by atoms with Crippen LogP contribution in [0.3, 0.4) is 0 Å². The molecule has 0 saturated carbocycles. The van der Waals surface area contributed by atoms with Crippen molar-refractivity contribution in [3.8, 4) is 0 Å². The van der Waals surface area contributed by atoms with Crippen LogP contribution in [-0.2, 0) is 0 Å². The molecule has 16 heavy (non-hydrogen) atoms. The molecule has 1 aromatic rings. The third-order valence-corrected chi connectivity index (χ3v) is 4.57. The van der Waals surface area contributed by atoms with Gasteiger partial charge in [-0.2, -0.15) is 11.8 Å². The van der Waals surface area contributed by atoms with E-state index in [0.29, 0.717) is 6.04 Å². The lowest BCUT2D eigenvalue weighted by Crippen LogP contribution is -2.39. The molecule has 2 unspecified atom stereocenters. The van der Waals surface area contributed by atoms with E-state index in [1.54, 1.807) is 6.07 Å². The number of hydrogen-bond acceptors (Lipinski definition) is 2. The molecule has 2 rings (SSSR count). The summed E-state index contributed by atoms with van der Waals surface area (Å²) >= 11 is 5.29. The van der Waals surface area contributed by atoms with Crippen LogP contribution >= 0.6 is 27.7 Å². The van der Waals surface area contributed by atoms with Crippen LogP contribution < -0.4 is 5.32 Å². The van der Waals surface area contributed by atoms with Crippen LogP contribution in [0, 0.1) is 5.82 Å². The molecule has 1 heterocycles. The quantitative estimate of drug-likeness (QED) is 0.893. The molecule has 1 aliphatic heterocycles. The second kappa shape index (κ2) is 5.52. The van der Waals surface area contributed by atoms with Gasteiger partial charge in [-0.05, 0) is 24.6 Å². The van der Waals surface area contributed by atoms with Crippen molar-refractivity contribution in [1.82, 2.24) is 5.32 Å². The molecule has 1 saturated heterocycles. The summed E-state index contributed by atoms with van der Waals surface area (Å²) in [4.78, 5) is 0. The van der Waals surface area contributed by atoms with Gasteiger partial charge in [0.15, 0.2) is 0 Å². The molecule has 1 aliphatic rings. The van der Waals surface area contributed by atoms with Gasteiger partial charge >= 0.3 is 0 Å². The predicted octanol–water partition coefficient (Wildman–Crippen LogP) is 3.74. The highest BCUT2D eigenvalue weighted by Crippen LogP contribution is 2.28. The van der Waals surface area contributed by atoms with Crippen molar-refractivity contribution in [1.29, 1.82) is 0 Å². The first kappa shape index (κ1) is 12.4. The molecule has 0 aliphatic carbocycles. The first-order valence-electron chi connectivity index (χ1n) is 5.49. The SMILES string of the molecule is CCC1CSCC(c2cc(Br)ccc2F)N1. The maximum absolute atomic E-state index is 13.7. The van der Waals surface area contributed by atoms with E-state index in [4.69, 9.17) is 0 Å². The molecule has 0 amide bonds. The Bertz CT molecular complexity index is 372. The Morgan fingerprint density at radius 3 is 3.06 bits per heavy atom. The van der Waals surface area contributed by atoms with Crippen molar-refractivity contribution in [3.05, 3.63) is 34.1 Å². The van der Waals surface area contributed by atoms with Gasteiger partial charge < -0.3 is 5.32 Å². The fourth-order valence-corrected chi connectivity index (χ4v) is 3.55. The fraction of sp³-hybridized carbons (Fsp3) is 0.500. The summed E-state index contributed by atoms with van der Waals surface area (Å²) in [5.41, 5.74) is 0.778. The normalized spacial score (nSPS) is 25.7. The van der Waals surface area contributed by atoms with Gasteiger partial charge in [0.2, 0.25) is 0 Å². The van der Waals surface area contributed by atoms with Crippen LogP contribution in [0.5, 0.6) is 0 Å². The van der Waals surface area contributed by atoms with Gasteiger partial charge in [0.25, 0.3) is 0 Å². The minimum atomic E-state index is -0.113. The first-order valence-corrected chi connectivity index (χ1v) is 7.44. The van der Waals surface area contributed by atoms with Gasteiger partial charge in [-0.25, -0.2) is 4.39 Å². The molecule has 1 aromatic carbocycles. The molecular formula is C12H15BrFNS. The first-order chi connectivity index (χ1) is 7.70. The topological polar surface area (TPSA) is 12.0 Å². The monoisotopic (exact) mass is 303 g/mol. The van der Waals surface area contributed by atoms with E-state index in [1.807, 2.05) is 17.8 Å². The predicted molar refractivity (Wildman–Crippen MR) is 71.4 cm³/mol. The lowest BCUT2D eigenvalue weighted by Gasteiger charge is -2.30. The Morgan fingerprint density at radius 2 is 2.31 bits per heavy atom. The number of thioether (sulfide) groups is 1. The Kier molecular flexibility index (Phi) is 4.27. The van der Waals surface area contributed by atoms with Gasteiger partial charge in [0.1, 0.15) is 5.82 Å². The molecule has 1 nitrogen and oxygen atoms in total. The summed E-state index contributed by atoms with van der Waals surface area (Å²) in [5.74, 6) is 1.96. The van der Waals surface area contributed by atoms with Crippen molar-refractivity contribution >= 4 is 27.7 Å². The molecule has 0 bridgehead atoms. The Hall–Kier alpha value is -0.0600. The van der Waals surface area contributed by atoms with Crippen LogP contribution in [-0.4, -0.2) is 17.5 Å². The fourth-order valence-electron chi connectivity index (χ4n) is 1.91. The smallest absolute Gasteiger partial charge is 0.128 e. The minimum absolute atomic E-state index is 0.113. The summed E-state index contributed by atoms with van der Waals surface area (Å²) in [7, 11) is 0. The van der Waals surface area contributed by atoms with Crippen LogP contribution in [0.4, 0.5) is 4.39 Å². The molecule has 1 fully saturated rings. The van der Waals surface area contributed by atoms with Crippen molar-refractivity contribution in [2.45, 2.75) is 25.4 Å². The van der Waals surface area contributed by atoms with Crippen molar-refractivity contribution in [2.75, 3.05) is 11.5 Å². The molecule has 2 atom stereocenters. The van der Waals surface area contributed by atoms with Crippen LogP contribution in [0.15, 0.2) is 22.7 Å². The Balaban J connectivity index is 2.19. The summed E-state index contributed by atoms with van der Waals surface area (Å²) in [6, 6.07) is 5.79. The minimum Gasteiger partial charge on any atom is -0.306 e. The third-order valence-electron chi connectivity index (χ3n) is 2.87. The van der Waals surface area contributed by atoms with E-state index in [0.717, 1.165) is 28.0 Å². The van der Waals surface area contributed by atoms with Gasteiger partial charge in [-0.3, -0.25) is 0 Å². The maximum Gasteiger partial charge on any atom is 0.128 e. The number of nitrogens with one attached hydrogen (secondary N) is 1. The molecular weight excluding hydrogens is 289 g/mol. The van der Waals surface area contributed by atoms with E-state index in [1.165, 1.54) is 6.07 Å². The molecule has 88 valence electrons. The van der Waals surface area contributed by atoms with Crippen molar-refractivity contribution in [3.63, 3.8) is 0 Å². The lowest BCUT2D eigenvalue weighted by molar-refractivity contribution is 0.451. The van der Waals surface area contributed by atoms with E-state index >= 15 is 0 Å². The van der Waals surface area contributed by atoms with Gasteiger partial charge in [-0.1, -0.05) is 22.9 Å². The zero-order valence-electron chi connectivity index (χ0n) is 9.17. The molecule has 1 N–H and O–H groups in total. The average molecular weight is 304 g/mol. The summed E-state index contributed by atoms with van der Waals surface area (Å²) in [6.45, 7) is 2.16. The number of hydrogen-bond donors (Lipinski definition) is 1. The number of halogens is 2. The Morgan fingerprint density at radius 1 is 1.50 bits per heavy atom. The average Bonchev–Trinajstić information content (AvgIpc) is 2.32. The van der Waals surface area contributed by atoms with Crippen molar-refractivity contribution < 1.29 is 4.39 Å². The molecule has 0 spiro atoms. The van der Waals surface area contributed by atoms with Gasteiger partial charge in [0.05, 0.1) is 0 Å². The highest BCUT2D eigenvalue weighted by Gasteiger charge is 2.23. The number of benzene rings is 1. The van der Waals surface area contributed by atoms with Crippen LogP contribution in [0.25, 0.3) is 0 Å². The lowest BCUT2D eigenvalue weighted by atomic mass is 10.1. The van der Waals surface area contributed by atoms with Gasteiger partial charge in [0, 0.05) is 33.6 Å². The van der Waals surface area contributed by atoms with E-state index in [-0.39, 0.29) is 11.9 Å². The molecule has 0 aromatic heterocycles. The third kappa shape index (κ3) is 2.79. The highest BCUT2D eigenvalue weighted by atomic mass is 79.9. The zero-order chi connectivity index (χ0) is 11.5. The Labute approximate surface area is 108 Å². The van der Waals surface area contributed by atoms with E-state index < -0.39 is 0 Å². The summed E-state index contributed by atoms with van der Waals surface area (Å²) in [6.07, 6.45) is 1.10. The highest BCUT2D eigenvalue weighted by molar-refractivity contribution is 9.10. The van der Waals surface area contributed by atoms with Crippen LogP contribution in [0.2, 0.25) is 0 Å². The zero-order valence-corrected chi connectivity index (χ0v) is 11.6. The second-order valence-corrected chi connectivity index (χ2v) is 6.02. The number of rotatable bonds is 2. The maximum atomic E-state index is 13.7. The van der Waals surface area contributed by atoms with Gasteiger partial charge in [-0.15, -0.1) is 0 Å². The van der Waals surface area contributed by atoms with E-state index in [2.05, 4.69) is 28.2 Å². The largest absolute Gasteiger partial charge is 0.306 e. The van der Waals surface area contributed by atoms with Crippen molar-refractivity contribution in [2.24, 2.45) is 0 Å². The van der Waals surface area contributed by atoms with E-state index in [9.17, 15) is 4.39 Å². The van der Waals surface area contributed by atoms with Crippen LogP contribution in [0.1, 0.15) is 24.9 Å².